The van der Waals surface area contributed by atoms with Crippen molar-refractivity contribution < 1.29 is 28.6 Å². The number of ether oxygens (including phenoxy) is 3. The Balaban J connectivity index is 4.63. The molecule has 0 aromatic rings. The van der Waals surface area contributed by atoms with Crippen molar-refractivity contribution in [3.8, 4) is 0 Å². The molecule has 0 fully saturated rings. The van der Waals surface area contributed by atoms with Crippen LogP contribution in [0.2, 0.25) is 0 Å². The van der Waals surface area contributed by atoms with Gasteiger partial charge in [-0.15, -0.1) is 0 Å². The number of carbonyl (C=O) groups is 3. The summed E-state index contributed by atoms with van der Waals surface area (Å²) in [6.45, 7) is 6.23. The maximum Gasteiger partial charge on any atom is 0.306 e. The Kier molecular flexibility index (Phi) is 49.1. The molecular formula is C60H92O6. The molecule has 0 spiro atoms. The number of unbranched alkanes of at least 4 members (excludes halogenated alkanes) is 13. The predicted molar refractivity (Wildman–Crippen MR) is 283 cm³/mol. The van der Waals surface area contributed by atoms with Gasteiger partial charge in [0.15, 0.2) is 6.10 Å². The van der Waals surface area contributed by atoms with E-state index in [9.17, 15) is 14.4 Å². The third kappa shape index (κ3) is 50.3. The molecule has 0 saturated heterocycles. The number of allylic oxidation sites excluding steroid dienone is 24. The third-order valence-electron chi connectivity index (χ3n) is 10.2. The van der Waals surface area contributed by atoms with E-state index in [1.165, 1.54) is 44.9 Å². The van der Waals surface area contributed by atoms with E-state index in [0.29, 0.717) is 19.3 Å². The Hall–Kier alpha value is -4.71. The summed E-state index contributed by atoms with van der Waals surface area (Å²) in [7, 11) is 0. The summed E-state index contributed by atoms with van der Waals surface area (Å²) >= 11 is 0. The van der Waals surface area contributed by atoms with Crippen LogP contribution in [0.25, 0.3) is 0 Å². The SMILES string of the molecule is CC/C=C/C=C/C=C/C=C/CCCCCC(=O)OCC(COC(=O)CC/C=C/C/C=C/C/C=C/C/C=C/C/C=C/C/C=C/CC)OC(=O)CCCCC/C=C/C=C/CCCCCCCCC. The Morgan fingerprint density at radius 3 is 1.18 bits per heavy atom. The van der Waals surface area contributed by atoms with E-state index in [1.54, 1.807) is 0 Å². The van der Waals surface area contributed by atoms with Crippen molar-refractivity contribution in [1.82, 2.24) is 0 Å². The molecule has 0 N–H and O–H groups in total. The molecule has 0 aromatic heterocycles. The van der Waals surface area contributed by atoms with Gasteiger partial charge in [-0.2, -0.15) is 0 Å². The molecule has 0 bridgehead atoms. The second kappa shape index (κ2) is 52.9. The Morgan fingerprint density at radius 2 is 0.697 bits per heavy atom. The van der Waals surface area contributed by atoms with Gasteiger partial charge in [-0.3, -0.25) is 14.4 Å². The van der Waals surface area contributed by atoms with Crippen LogP contribution in [0, 0.1) is 0 Å². The van der Waals surface area contributed by atoms with Crippen LogP contribution < -0.4 is 0 Å². The molecular weight excluding hydrogens is 817 g/mol. The monoisotopic (exact) mass is 909 g/mol. The summed E-state index contributed by atoms with van der Waals surface area (Å²) in [4.78, 5) is 37.9. The first-order valence-corrected chi connectivity index (χ1v) is 25.9. The molecule has 0 aliphatic heterocycles. The lowest BCUT2D eigenvalue weighted by atomic mass is 10.1. The van der Waals surface area contributed by atoms with Crippen LogP contribution in [0.5, 0.6) is 0 Å². The maximum atomic E-state index is 12.8. The van der Waals surface area contributed by atoms with Crippen LogP contribution in [-0.2, 0) is 28.6 Å². The van der Waals surface area contributed by atoms with Gasteiger partial charge in [0.2, 0.25) is 0 Å². The second-order valence-electron chi connectivity index (χ2n) is 16.4. The number of carbonyl (C=O) groups excluding carboxylic acids is 3. The van der Waals surface area contributed by atoms with Gasteiger partial charge in [0, 0.05) is 19.3 Å². The Bertz CT molecular complexity index is 1510. The van der Waals surface area contributed by atoms with E-state index < -0.39 is 6.10 Å². The number of esters is 3. The fraction of sp³-hybridized carbons (Fsp3) is 0.550. The number of rotatable bonds is 44. The van der Waals surface area contributed by atoms with E-state index in [1.807, 2.05) is 48.6 Å². The summed E-state index contributed by atoms with van der Waals surface area (Å²) in [5.41, 5.74) is 0. The molecule has 0 aliphatic carbocycles. The summed E-state index contributed by atoms with van der Waals surface area (Å²) in [5.74, 6) is -1.10. The van der Waals surface area contributed by atoms with Crippen molar-refractivity contribution in [3.05, 3.63) is 146 Å². The van der Waals surface area contributed by atoms with E-state index in [-0.39, 0.29) is 50.4 Å². The molecule has 0 saturated carbocycles. The summed E-state index contributed by atoms with van der Waals surface area (Å²) in [5, 5.41) is 0. The highest BCUT2D eigenvalue weighted by molar-refractivity contribution is 5.71. The predicted octanol–water partition coefficient (Wildman–Crippen LogP) is 17.3. The molecule has 66 heavy (non-hydrogen) atoms. The Morgan fingerprint density at radius 1 is 0.333 bits per heavy atom. The molecule has 0 amide bonds. The molecule has 1 atom stereocenters. The number of hydrogen-bond acceptors (Lipinski definition) is 6. The lowest BCUT2D eigenvalue weighted by molar-refractivity contribution is -0.166. The van der Waals surface area contributed by atoms with E-state index >= 15 is 0 Å². The molecule has 1 unspecified atom stereocenters. The highest BCUT2D eigenvalue weighted by Gasteiger charge is 2.19. The smallest absolute Gasteiger partial charge is 0.306 e. The normalized spacial score (nSPS) is 13.3. The highest BCUT2D eigenvalue weighted by atomic mass is 16.6. The van der Waals surface area contributed by atoms with Crippen LogP contribution in [-0.4, -0.2) is 37.2 Å². The van der Waals surface area contributed by atoms with Gasteiger partial charge in [0.05, 0.1) is 0 Å². The van der Waals surface area contributed by atoms with Gasteiger partial charge in [0.1, 0.15) is 13.2 Å². The number of hydrogen-bond donors (Lipinski definition) is 0. The van der Waals surface area contributed by atoms with Crippen molar-refractivity contribution in [2.24, 2.45) is 0 Å². The fourth-order valence-corrected chi connectivity index (χ4v) is 6.35. The van der Waals surface area contributed by atoms with Gasteiger partial charge < -0.3 is 14.2 Å². The van der Waals surface area contributed by atoms with Crippen LogP contribution in [0.1, 0.15) is 194 Å². The largest absolute Gasteiger partial charge is 0.462 e. The van der Waals surface area contributed by atoms with Crippen molar-refractivity contribution in [2.45, 2.75) is 200 Å². The van der Waals surface area contributed by atoms with Crippen LogP contribution in [0.4, 0.5) is 0 Å². The first-order valence-electron chi connectivity index (χ1n) is 25.9. The van der Waals surface area contributed by atoms with Crippen molar-refractivity contribution >= 4 is 17.9 Å². The molecule has 6 nitrogen and oxygen atoms in total. The zero-order chi connectivity index (χ0) is 47.9. The average molecular weight is 909 g/mol. The first-order chi connectivity index (χ1) is 32.5. The minimum atomic E-state index is -0.845. The van der Waals surface area contributed by atoms with E-state index in [2.05, 4.69) is 118 Å². The molecule has 6 heteroatoms. The molecule has 0 radical (unpaired) electrons. The lowest BCUT2D eigenvalue weighted by Crippen LogP contribution is -2.30. The maximum absolute atomic E-state index is 12.8. The van der Waals surface area contributed by atoms with E-state index in [0.717, 1.165) is 89.9 Å². The van der Waals surface area contributed by atoms with Crippen LogP contribution in [0.15, 0.2) is 146 Å². The molecule has 0 aromatic carbocycles. The van der Waals surface area contributed by atoms with Crippen molar-refractivity contribution in [1.29, 1.82) is 0 Å². The first kappa shape index (κ1) is 61.3. The standard InChI is InChI=1S/C60H92O6/c1-4-7-10-13-16-19-22-25-27-29-30-31-33-35-38-41-44-47-50-53-59(62)65-56-57(55-64-58(61)52-49-46-43-40-37-34-24-21-18-15-12-9-6-3)66-60(63)54-51-48-45-42-39-36-32-28-26-23-20-17-14-11-8-5-2/h7,9-10,12,15-16,18-19,21,24-25,27-28,30-32,34-39,44,47,57H,4-6,8,11,13-14,17,20,22-23,26,29,33,40-43,45-46,48-56H2,1-3H3/b10-7+,12-9+,18-15+,19-16+,24-21+,27-25+,31-30+,32-28+,37-34+,38-35+,39-36+,47-44+. The quantitative estimate of drug-likeness (QED) is 0.0199. The third-order valence-corrected chi connectivity index (χ3v) is 10.2. The topological polar surface area (TPSA) is 78.9 Å². The highest BCUT2D eigenvalue weighted by Crippen LogP contribution is 2.11. The van der Waals surface area contributed by atoms with Crippen LogP contribution in [0.3, 0.4) is 0 Å². The van der Waals surface area contributed by atoms with Crippen LogP contribution >= 0.6 is 0 Å². The second-order valence-corrected chi connectivity index (χ2v) is 16.4. The van der Waals surface area contributed by atoms with Gasteiger partial charge in [0.25, 0.3) is 0 Å². The van der Waals surface area contributed by atoms with Gasteiger partial charge in [-0.25, -0.2) is 0 Å². The molecule has 0 aliphatic rings. The summed E-state index contributed by atoms with van der Waals surface area (Å²) in [6.07, 6.45) is 75.6. The van der Waals surface area contributed by atoms with Gasteiger partial charge >= 0.3 is 17.9 Å². The van der Waals surface area contributed by atoms with E-state index in [4.69, 9.17) is 14.2 Å². The average Bonchev–Trinajstić information content (AvgIpc) is 3.31. The molecule has 0 rings (SSSR count). The van der Waals surface area contributed by atoms with Crippen molar-refractivity contribution in [2.75, 3.05) is 13.2 Å². The van der Waals surface area contributed by atoms with Gasteiger partial charge in [-0.1, -0.05) is 218 Å². The lowest BCUT2D eigenvalue weighted by Gasteiger charge is -2.18. The summed E-state index contributed by atoms with van der Waals surface area (Å²) in [6, 6.07) is 0. The Labute approximate surface area is 404 Å². The van der Waals surface area contributed by atoms with Gasteiger partial charge in [-0.05, 0) is 103 Å². The summed E-state index contributed by atoms with van der Waals surface area (Å²) < 4.78 is 16.7. The zero-order valence-corrected chi connectivity index (χ0v) is 41.9. The van der Waals surface area contributed by atoms with Crippen molar-refractivity contribution in [3.63, 3.8) is 0 Å². The zero-order valence-electron chi connectivity index (χ0n) is 41.9. The molecule has 368 valence electrons. The molecule has 0 heterocycles. The fourth-order valence-electron chi connectivity index (χ4n) is 6.35. The minimum absolute atomic E-state index is 0.139. The minimum Gasteiger partial charge on any atom is -0.462 e.